The van der Waals surface area contributed by atoms with E-state index in [0.717, 1.165) is 12.0 Å². The molecule has 1 heterocycles. The average molecular weight is 533 g/mol. The number of benzene rings is 1. The van der Waals surface area contributed by atoms with Gasteiger partial charge in [-0.05, 0) is 71.6 Å². The molecular weight excluding hydrogens is 500 g/mol. The van der Waals surface area contributed by atoms with Crippen LogP contribution in [0.25, 0.3) is 0 Å². The van der Waals surface area contributed by atoms with Crippen LogP contribution in [0.15, 0.2) is 46.9 Å². The van der Waals surface area contributed by atoms with Crippen LogP contribution in [0.2, 0.25) is 0 Å². The zero-order chi connectivity index (χ0) is 24.6. The molecule has 1 aromatic carbocycles. The third-order valence-electron chi connectivity index (χ3n) is 6.22. The Labute approximate surface area is 209 Å². The molecule has 184 valence electrons. The Morgan fingerprint density at radius 1 is 1.06 bits per heavy atom. The van der Waals surface area contributed by atoms with Gasteiger partial charge in [0.15, 0.2) is 0 Å². The highest BCUT2D eigenvalue weighted by Crippen LogP contribution is 2.39. The van der Waals surface area contributed by atoms with Gasteiger partial charge < -0.3 is 19.5 Å². The van der Waals surface area contributed by atoms with Crippen LogP contribution < -0.4 is 10.1 Å². The maximum absolute atomic E-state index is 12.9. The Morgan fingerprint density at radius 2 is 1.76 bits per heavy atom. The van der Waals surface area contributed by atoms with Gasteiger partial charge in [-0.2, -0.15) is 0 Å². The molecule has 0 bridgehead atoms. The first-order valence-electron chi connectivity index (χ1n) is 11.8. The summed E-state index contributed by atoms with van der Waals surface area (Å²) < 4.78 is 17.6. The Morgan fingerprint density at radius 3 is 2.44 bits per heavy atom. The lowest BCUT2D eigenvalue weighted by atomic mass is 9.92. The quantitative estimate of drug-likeness (QED) is 0.368. The van der Waals surface area contributed by atoms with E-state index in [1.54, 1.807) is 19.1 Å². The van der Waals surface area contributed by atoms with Crippen LogP contribution in [0.5, 0.6) is 5.88 Å². The molecule has 1 N–H and O–H groups in total. The van der Waals surface area contributed by atoms with Crippen molar-refractivity contribution in [1.29, 1.82) is 0 Å². The van der Waals surface area contributed by atoms with E-state index in [-0.39, 0.29) is 12.3 Å². The molecule has 0 saturated heterocycles. The molecular formula is C26H33BrN2O5. The summed E-state index contributed by atoms with van der Waals surface area (Å²) in [6.07, 6.45) is 1.88. The molecule has 7 nitrogen and oxygen atoms in total. The fourth-order valence-corrected chi connectivity index (χ4v) is 4.11. The number of nitrogens with one attached hydrogen (secondary N) is 1. The van der Waals surface area contributed by atoms with E-state index in [0.29, 0.717) is 54.9 Å². The van der Waals surface area contributed by atoms with Crippen LogP contribution in [0.1, 0.15) is 56.1 Å². The van der Waals surface area contributed by atoms with Gasteiger partial charge in [0.1, 0.15) is 11.2 Å². The monoisotopic (exact) mass is 532 g/mol. The summed E-state index contributed by atoms with van der Waals surface area (Å²) in [5.74, 6) is 0.356. The van der Waals surface area contributed by atoms with Crippen molar-refractivity contribution >= 4 is 27.8 Å². The molecule has 0 spiro atoms. The number of aromatic nitrogens is 1. The molecule has 34 heavy (non-hydrogen) atoms. The molecule has 0 unspecified atom stereocenters. The van der Waals surface area contributed by atoms with E-state index in [9.17, 15) is 9.59 Å². The molecule has 1 aromatic heterocycles. The molecule has 1 fully saturated rings. The molecule has 1 saturated carbocycles. The summed E-state index contributed by atoms with van der Waals surface area (Å²) in [4.78, 5) is 29.8. The number of pyridine rings is 1. The first kappa shape index (κ1) is 26.2. The fourth-order valence-electron chi connectivity index (χ4n) is 3.78. The zero-order valence-electron chi connectivity index (χ0n) is 20.0. The van der Waals surface area contributed by atoms with Gasteiger partial charge in [0.25, 0.3) is 5.91 Å². The number of hydrogen-bond donors (Lipinski definition) is 1. The predicted octanol–water partition coefficient (Wildman–Crippen LogP) is 4.93. The number of esters is 1. The number of nitrogens with zero attached hydrogens (tertiary/aromatic N) is 1. The summed E-state index contributed by atoms with van der Waals surface area (Å²) in [5, 5.41) is 2.83. The molecule has 0 aliphatic heterocycles. The van der Waals surface area contributed by atoms with Crippen LogP contribution in [-0.2, 0) is 20.9 Å². The van der Waals surface area contributed by atoms with Gasteiger partial charge in [-0.3, -0.25) is 4.79 Å². The Hall–Kier alpha value is -2.45. The third kappa shape index (κ3) is 6.79. The molecule has 1 amide bonds. The average Bonchev–Trinajstić information content (AvgIpc) is 3.60. The van der Waals surface area contributed by atoms with Gasteiger partial charge in [-0.1, -0.05) is 44.2 Å². The summed E-state index contributed by atoms with van der Waals surface area (Å²) in [6, 6.07) is 13.4. The van der Waals surface area contributed by atoms with Crippen LogP contribution in [-0.4, -0.2) is 42.2 Å². The molecule has 0 radical (unpaired) electrons. The number of carbonyl (C=O) groups is 2. The smallest absolute Gasteiger partial charge is 0.331 e. The Balaban J connectivity index is 1.52. The van der Waals surface area contributed by atoms with Crippen molar-refractivity contribution in [2.24, 2.45) is 11.8 Å². The third-order valence-corrected chi connectivity index (χ3v) is 6.82. The highest BCUT2D eigenvalue weighted by Gasteiger charge is 2.39. The SMILES string of the molecule is CCOC(=O)C(CC)(CC)NC(=O)c1ccc(Br)c(OC[C@@H]2C[C@H]2COCc2ccccc2)n1. The van der Waals surface area contributed by atoms with Crippen molar-refractivity contribution in [3.63, 3.8) is 0 Å². The summed E-state index contributed by atoms with van der Waals surface area (Å²) in [5.41, 5.74) is 0.272. The van der Waals surface area contributed by atoms with Crippen molar-refractivity contribution < 1.29 is 23.8 Å². The maximum Gasteiger partial charge on any atom is 0.331 e. The van der Waals surface area contributed by atoms with Crippen LogP contribution in [0.3, 0.4) is 0 Å². The standard InChI is InChI=1S/C26H33BrN2O5/c1-4-26(5-2,25(31)33-6-3)29-23(30)22-13-12-21(27)24(28-22)34-17-20-14-19(20)16-32-15-18-10-8-7-9-11-18/h7-13,19-20H,4-6,14-17H2,1-3H3,(H,29,30)/t19-,20-/m0/s1. The molecule has 1 aliphatic rings. The van der Waals surface area contributed by atoms with Crippen LogP contribution in [0, 0.1) is 11.8 Å². The zero-order valence-corrected chi connectivity index (χ0v) is 21.6. The van der Waals surface area contributed by atoms with E-state index in [4.69, 9.17) is 14.2 Å². The first-order chi connectivity index (χ1) is 16.4. The van der Waals surface area contributed by atoms with E-state index in [1.807, 2.05) is 32.0 Å². The molecule has 1 aliphatic carbocycles. The second-order valence-electron chi connectivity index (χ2n) is 8.51. The number of halogens is 1. The number of rotatable bonds is 13. The van der Waals surface area contributed by atoms with Crippen molar-refractivity contribution in [2.45, 2.75) is 52.2 Å². The van der Waals surface area contributed by atoms with E-state index >= 15 is 0 Å². The largest absolute Gasteiger partial charge is 0.477 e. The minimum Gasteiger partial charge on any atom is -0.477 e. The van der Waals surface area contributed by atoms with E-state index < -0.39 is 17.4 Å². The van der Waals surface area contributed by atoms with E-state index in [2.05, 4.69) is 38.4 Å². The number of ether oxygens (including phenoxy) is 3. The van der Waals surface area contributed by atoms with Gasteiger partial charge in [-0.25, -0.2) is 9.78 Å². The van der Waals surface area contributed by atoms with Crippen molar-refractivity contribution in [1.82, 2.24) is 10.3 Å². The lowest BCUT2D eigenvalue weighted by Gasteiger charge is -2.30. The van der Waals surface area contributed by atoms with E-state index in [1.165, 1.54) is 0 Å². The Kier molecular flexibility index (Phi) is 9.47. The van der Waals surface area contributed by atoms with Crippen LogP contribution in [0.4, 0.5) is 0 Å². The van der Waals surface area contributed by atoms with Crippen LogP contribution >= 0.6 is 15.9 Å². The number of amides is 1. The lowest BCUT2D eigenvalue weighted by molar-refractivity contribution is -0.151. The summed E-state index contributed by atoms with van der Waals surface area (Å²) in [7, 11) is 0. The predicted molar refractivity (Wildman–Crippen MR) is 133 cm³/mol. The normalized spacial score (nSPS) is 17.2. The maximum atomic E-state index is 12.9. The van der Waals surface area contributed by atoms with Crippen molar-refractivity contribution in [3.8, 4) is 5.88 Å². The van der Waals surface area contributed by atoms with Gasteiger partial charge in [0.2, 0.25) is 5.88 Å². The second kappa shape index (κ2) is 12.3. The summed E-state index contributed by atoms with van der Waals surface area (Å²) in [6.45, 7) is 7.51. The molecule has 2 aromatic rings. The second-order valence-corrected chi connectivity index (χ2v) is 9.37. The molecule has 8 heteroatoms. The van der Waals surface area contributed by atoms with Crippen molar-refractivity contribution in [3.05, 3.63) is 58.2 Å². The minimum atomic E-state index is -1.08. The topological polar surface area (TPSA) is 86.8 Å². The number of hydrogen-bond acceptors (Lipinski definition) is 6. The fraction of sp³-hybridized carbons (Fsp3) is 0.500. The molecule has 2 atom stereocenters. The van der Waals surface area contributed by atoms with Gasteiger partial charge in [-0.15, -0.1) is 0 Å². The van der Waals surface area contributed by atoms with Gasteiger partial charge in [0.05, 0.1) is 30.9 Å². The lowest BCUT2D eigenvalue weighted by Crippen LogP contribution is -2.54. The first-order valence-corrected chi connectivity index (χ1v) is 12.6. The summed E-state index contributed by atoms with van der Waals surface area (Å²) >= 11 is 3.45. The van der Waals surface area contributed by atoms with Gasteiger partial charge in [0, 0.05) is 0 Å². The highest BCUT2D eigenvalue weighted by molar-refractivity contribution is 9.10. The molecule has 3 rings (SSSR count). The van der Waals surface area contributed by atoms with Crippen molar-refractivity contribution in [2.75, 3.05) is 19.8 Å². The number of carbonyl (C=O) groups excluding carboxylic acids is 2. The minimum absolute atomic E-state index is 0.187. The highest BCUT2D eigenvalue weighted by atomic mass is 79.9. The van der Waals surface area contributed by atoms with Gasteiger partial charge >= 0.3 is 5.97 Å². The Bertz CT molecular complexity index is 965.